The molecule has 3 saturated heterocycles. The first-order valence-corrected chi connectivity index (χ1v) is 21.3. The molecule has 9 nitrogen and oxygen atoms in total. The van der Waals surface area contributed by atoms with Crippen LogP contribution in [0.1, 0.15) is 149 Å². The number of hydrogen-bond acceptors (Lipinski definition) is 9. The number of nitrogens with zero attached hydrogens (tertiary/aromatic N) is 9. The second kappa shape index (κ2) is 22.3. The van der Waals surface area contributed by atoms with E-state index in [1.807, 2.05) is 44.8 Å². The van der Waals surface area contributed by atoms with Crippen molar-refractivity contribution in [2.75, 3.05) is 67.1 Å². The Hall–Kier alpha value is -3.33. The van der Waals surface area contributed by atoms with Gasteiger partial charge in [0.05, 0.1) is 0 Å². The highest BCUT2D eigenvalue weighted by Crippen LogP contribution is 2.28. The molecule has 54 heavy (non-hydrogen) atoms. The summed E-state index contributed by atoms with van der Waals surface area (Å²) in [5.41, 5.74) is 5.09. The highest BCUT2D eigenvalue weighted by atomic mass is 15.3. The molecule has 0 N–H and O–H groups in total. The van der Waals surface area contributed by atoms with Crippen molar-refractivity contribution in [2.24, 2.45) is 17.8 Å². The largest absolute Gasteiger partial charge is 0.356 e. The Morgan fingerprint density at radius 3 is 1.33 bits per heavy atom. The average Bonchev–Trinajstić information content (AvgIpc) is 3.61. The fourth-order valence-corrected chi connectivity index (χ4v) is 7.15. The van der Waals surface area contributed by atoms with Gasteiger partial charge in [0.25, 0.3) is 0 Å². The van der Waals surface area contributed by atoms with E-state index in [9.17, 15) is 0 Å². The van der Waals surface area contributed by atoms with Gasteiger partial charge < -0.3 is 14.7 Å². The van der Waals surface area contributed by atoms with Crippen LogP contribution in [0.3, 0.4) is 0 Å². The first kappa shape index (κ1) is 45.1. The highest BCUT2D eigenvalue weighted by Gasteiger charge is 2.24. The molecular weight excluding hydrogens is 667 g/mol. The van der Waals surface area contributed by atoms with Gasteiger partial charge in [0.2, 0.25) is 11.9 Å². The van der Waals surface area contributed by atoms with E-state index in [1.165, 1.54) is 47.3 Å². The summed E-state index contributed by atoms with van der Waals surface area (Å²) in [6.45, 7) is 39.6. The number of aromatic nitrogens is 5. The second-order valence-electron chi connectivity index (χ2n) is 17.0. The summed E-state index contributed by atoms with van der Waals surface area (Å²) in [5, 5.41) is 0. The minimum atomic E-state index is 0.497. The maximum atomic E-state index is 4.64. The zero-order chi connectivity index (χ0) is 39.9. The quantitative estimate of drug-likeness (QED) is 0.224. The summed E-state index contributed by atoms with van der Waals surface area (Å²) in [4.78, 5) is 32.2. The molecule has 0 bridgehead atoms. The lowest BCUT2D eigenvalue weighted by Crippen LogP contribution is -2.49. The summed E-state index contributed by atoms with van der Waals surface area (Å²) in [6.07, 6.45) is 13.7. The van der Waals surface area contributed by atoms with Crippen LogP contribution in [-0.2, 0) is 0 Å². The average molecular weight is 744 g/mol. The first-order valence-electron chi connectivity index (χ1n) is 21.3. The number of aryl methyl sites for hydroxylation is 1. The predicted octanol–water partition coefficient (Wildman–Crippen LogP) is 9.99. The van der Waals surface area contributed by atoms with Gasteiger partial charge in [-0.2, -0.15) is 0 Å². The van der Waals surface area contributed by atoms with E-state index >= 15 is 0 Å². The van der Waals surface area contributed by atoms with Crippen LogP contribution in [0.5, 0.6) is 0 Å². The Balaban J connectivity index is 0.000000213. The highest BCUT2D eigenvalue weighted by molar-refractivity contribution is 5.48. The molecule has 302 valence electrons. The molecule has 6 rings (SSSR count). The summed E-state index contributed by atoms with van der Waals surface area (Å²) in [6, 6.07) is 2.92. The lowest BCUT2D eigenvalue weighted by atomic mass is 9.87. The van der Waals surface area contributed by atoms with Gasteiger partial charge in [-0.25, -0.2) is 24.9 Å². The summed E-state index contributed by atoms with van der Waals surface area (Å²) < 4.78 is 0. The zero-order valence-corrected chi connectivity index (χ0v) is 36.8. The molecule has 3 aromatic heterocycles. The van der Waals surface area contributed by atoms with Crippen molar-refractivity contribution in [3.05, 3.63) is 59.3 Å². The Labute approximate surface area is 330 Å². The Morgan fingerprint density at radius 2 is 0.963 bits per heavy atom. The van der Waals surface area contributed by atoms with Crippen LogP contribution in [0, 0.1) is 24.7 Å². The maximum absolute atomic E-state index is 4.64. The molecule has 3 aromatic rings. The molecule has 1 atom stereocenters. The van der Waals surface area contributed by atoms with Crippen molar-refractivity contribution < 1.29 is 0 Å². The van der Waals surface area contributed by atoms with Gasteiger partial charge in [0, 0.05) is 89.4 Å². The van der Waals surface area contributed by atoms with E-state index in [0.29, 0.717) is 23.8 Å². The minimum absolute atomic E-state index is 0.497. The van der Waals surface area contributed by atoms with Gasteiger partial charge in [-0.3, -0.25) is 4.90 Å². The molecule has 1 unspecified atom stereocenters. The number of piperidine rings is 1. The summed E-state index contributed by atoms with van der Waals surface area (Å²) >= 11 is 0. The molecule has 0 radical (unpaired) electrons. The normalized spacial score (nSPS) is 18.1. The van der Waals surface area contributed by atoms with E-state index in [0.717, 1.165) is 82.0 Å². The monoisotopic (exact) mass is 744 g/mol. The second-order valence-corrected chi connectivity index (χ2v) is 17.0. The van der Waals surface area contributed by atoms with Crippen molar-refractivity contribution in [3.63, 3.8) is 0 Å². The van der Waals surface area contributed by atoms with Crippen molar-refractivity contribution in [1.82, 2.24) is 29.8 Å². The number of hydrogen-bond donors (Lipinski definition) is 0. The Kier molecular flexibility index (Phi) is 18.6. The van der Waals surface area contributed by atoms with Crippen molar-refractivity contribution in [2.45, 2.75) is 140 Å². The van der Waals surface area contributed by atoms with Gasteiger partial charge in [-0.1, -0.05) is 82.2 Å². The molecule has 0 aromatic carbocycles. The van der Waals surface area contributed by atoms with Crippen LogP contribution in [-0.4, -0.2) is 88.2 Å². The van der Waals surface area contributed by atoms with Crippen LogP contribution in [0.4, 0.5) is 17.7 Å². The third-order valence-corrected chi connectivity index (χ3v) is 11.2. The standard InChI is InChI=1S/C15H25N3.C14H24N4.C14H22N2.C2H6/c1-11(2)13-5-7-18(8-6-13)15-16-9-14(10-17-15)12(3)4;1-11(2)13-9-15-14(16-10-13)18-7-5-17(6-8-18)12(3)4;1-10(2)13-7-12(4)14(15-8-13)16-6-5-11(3)9-16;1-2/h9-13H,5-8H2,1-4H3;9-12H,5-8H2,1-4H3;7-8,10-11H,5-6,9H2,1-4H3;1-2H3. The number of anilines is 3. The van der Waals surface area contributed by atoms with Gasteiger partial charge in [-0.15, -0.1) is 0 Å². The smallest absolute Gasteiger partial charge is 0.225 e. The lowest BCUT2D eigenvalue weighted by Gasteiger charge is -2.36. The lowest BCUT2D eigenvalue weighted by molar-refractivity contribution is 0.208. The molecule has 3 aliphatic rings. The summed E-state index contributed by atoms with van der Waals surface area (Å²) in [5.74, 6) is 7.03. The van der Waals surface area contributed by atoms with Gasteiger partial charge in [0.1, 0.15) is 5.82 Å². The van der Waals surface area contributed by atoms with Crippen molar-refractivity contribution in [3.8, 4) is 0 Å². The van der Waals surface area contributed by atoms with Gasteiger partial charge in [-0.05, 0) is 97.8 Å². The fraction of sp³-hybridized carbons (Fsp3) is 0.711. The van der Waals surface area contributed by atoms with Crippen molar-refractivity contribution in [1.29, 1.82) is 0 Å². The molecule has 9 heteroatoms. The first-order chi connectivity index (χ1) is 25.7. The van der Waals surface area contributed by atoms with Gasteiger partial charge in [0.15, 0.2) is 0 Å². The molecule has 0 aliphatic carbocycles. The minimum Gasteiger partial charge on any atom is -0.356 e. The van der Waals surface area contributed by atoms with Crippen molar-refractivity contribution >= 4 is 17.7 Å². The summed E-state index contributed by atoms with van der Waals surface area (Å²) in [7, 11) is 0. The van der Waals surface area contributed by atoms with E-state index < -0.39 is 0 Å². The number of pyridine rings is 1. The molecular formula is C45H77N9. The fourth-order valence-electron chi connectivity index (χ4n) is 7.15. The van der Waals surface area contributed by atoms with Crippen LogP contribution < -0.4 is 14.7 Å². The molecule has 6 heterocycles. The molecule has 0 saturated carbocycles. The topological polar surface area (TPSA) is 77.4 Å². The van der Waals surface area contributed by atoms with Crippen LogP contribution in [0.25, 0.3) is 0 Å². The Morgan fingerprint density at radius 1 is 0.537 bits per heavy atom. The molecule has 0 amide bonds. The van der Waals surface area contributed by atoms with Crippen LogP contribution in [0.15, 0.2) is 37.1 Å². The number of piperazine rings is 1. The third kappa shape index (κ3) is 13.5. The van der Waals surface area contributed by atoms with E-state index in [2.05, 4.69) is 134 Å². The number of rotatable bonds is 8. The van der Waals surface area contributed by atoms with E-state index in [4.69, 9.17) is 0 Å². The third-order valence-electron chi connectivity index (χ3n) is 11.2. The van der Waals surface area contributed by atoms with E-state index in [1.54, 1.807) is 0 Å². The van der Waals surface area contributed by atoms with E-state index in [-0.39, 0.29) is 0 Å². The molecule has 3 aliphatic heterocycles. The molecule has 0 spiro atoms. The van der Waals surface area contributed by atoms with Gasteiger partial charge >= 0.3 is 0 Å². The predicted molar refractivity (Wildman–Crippen MR) is 231 cm³/mol. The van der Waals surface area contributed by atoms with Crippen LogP contribution in [0.2, 0.25) is 0 Å². The van der Waals surface area contributed by atoms with Crippen LogP contribution >= 0.6 is 0 Å². The maximum Gasteiger partial charge on any atom is 0.225 e. The Bertz CT molecular complexity index is 1380. The zero-order valence-electron chi connectivity index (χ0n) is 36.8. The SMILES string of the molecule is CC.CC(C)c1cnc(N2CCC(C(C)C)CC2)nc1.CC(C)c1cnc(N2CCN(C(C)C)CC2)nc1.Cc1cc(C(C)C)cnc1N1CCC(C)C1. The molecule has 3 fully saturated rings.